The lowest BCUT2D eigenvalue weighted by Gasteiger charge is -2.15. The largest absolute Gasteiger partial charge is 0.330 e. The van der Waals surface area contributed by atoms with E-state index in [9.17, 15) is 0 Å². The number of hydrogen-bond acceptors (Lipinski definition) is 1. The second kappa shape index (κ2) is 21.0. The predicted octanol–water partition coefficient (Wildman–Crippen LogP) is 8.01. The van der Waals surface area contributed by atoms with Gasteiger partial charge in [0.1, 0.15) is 0 Å². The molecule has 0 aliphatic heterocycles. The minimum Gasteiger partial charge on any atom is -0.330 e. The quantitative estimate of drug-likeness (QED) is 0.223. The Bertz CT molecular complexity index is 214. The Morgan fingerprint density at radius 1 is 0.458 bits per heavy atom. The van der Waals surface area contributed by atoms with E-state index < -0.39 is 0 Å². The SMILES string of the molecule is CCCCCCCCCCCCCCCC(CCN)CCCCC. The van der Waals surface area contributed by atoms with Gasteiger partial charge in [0.2, 0.25) is 0 Å². The Balaban J connectivity index is 3.27. The highest BCUT2D eigenvalue weighted by atomic mass is 14.5. The van der Waals surface area contributed by atoms with Crippen LogP contribution >= 0.6 is 0 Å². The molecular formula is C23H49N. The fourth-order valence-corrected chi connectivity index (χ4v) is 3.80. The van der Waals surface area contributed by atoms with Gasteiger partial charge in [-0.1, -0.05) is 129 Å². The summed E-state index contributed by atoms with van der Waals surface area (Å²) in [7, 11) is 0. The maximum atomic E-state index is 5.78. The van der Waals surface area contributed by atoms with Crippen molar-refractivity contribution in [1.82, 2.24) is 0 Å². The summed E-state index contributed by atoms with van der Waals surface area (Å²) in [6.07, 6.45) is 27.2. The van der Waals surface area contributed by atoms with Crippen molar-refractivity contribution >= 4 is 0 Å². The first-order chi connectivity index (χ1) is 11.8. The molecule has 0 fully saturated rings. The van der Waals surface area contributed by atoms with Gasteiger partial charge in [-0.15, -0.1) is 0 Å². The molecule has 0 spiro atoms. The first-order valence-electron chi connectivity index (χ1n) is 11.5. The average molecular weight is 340 g/mol. The van der Waals surface area contributed by atoms with E-state index in [-0.39, 0.29) is 0 Å². The zero-order valence-electron chi connectivity index (χ0n) is 17.3. The molecular weight excluding hydrogens is 290 g/mol. The highest BCUT2D eigenvalue weighted by Gasteiger charge is 2.07. The highest BCUT2D eigenvalue weighted by molar-refractivity contribution is 4.61. The number of hydrogen-bond donors (Lipinski definition) is 1. The summed E-state index contributed by atoms with van der Waals surface area (Å²) < 4.78 is 0. The van der Waals surface area contributed by atoms with E-state index in [1.165, 1.54) is 122 Å². The van der Waals surface area contributed by atoms with E-state index >= 15 is 0 Å². The molecule has 0 aliphatic rings. The Labute approximate surface area is 154 Å². The molecule has 0 aliphatic carbocycles. The van der Waals surface area contributed by atoms with Crippen LogP contribution in [0.3, 0.4) is 0 Å². The Kier molecular flexibility index (Phi) is 21.0. The maximum Gasteiger partial charge on any atom is -0.00746 e. The molecule has 0 rings (SSSR count). The molecule has 146 valence electrons. The zero-order chi connectivity index (χ0) is 17.7. The highest BCUT2D eigenvalue weighted by Crippen LogP contribution is 2.21. The van der Waals surface area contributed by atoms with Crippen molar-refractivity contribution < 1.29 is 0 Å². The Morgan fingerprint density at radius 2 is 0.792 bits per heavy atom. The Hall–Kier alpha value is -0.0400. The van der Waals surface area contributed by atoms with Gasteiger partial charge in [-0.25, -0.2) is 0 Å². The molecule has 2 N–H and O–H groups in total. The summed E-state index contributed by atoms with van der Waals surface area (Å²) >= 11 is 0. The van der Waals surface area contributed by atoms with Gasteiger partial charge in [-0.05, 0) is 18.9 Å². The third-order valence-electron chi connectivity index (χ3n) is 5.51. The van der Waals surface area contributed by atoms with E-state index in [4.69, 9.17) is 5.73 Å². The summed E-state index contributed by atoms with van der Waals surface area (Å²) in [4.78, 5) is 0. The molecule has 0 heterocycles. The molecule has 0 radical (unpaired) electrons. The monoisotopic (exact) mass is 339 g/mol. The summed E-state index contributed by atoms with van der Waals surface area (Å²) in [6, 6.07) is 0. The van der Waals surface area contributed by atoms with Crippen molar-refractivity contribution in [3.05, 3.63) is 0 Å². The fourth-order valence-electron chi connectivity index (χ4n) is 3.80. The number of rotatable bonds is 20. The summed E-state index contributed by atoms with van der Waals surface area (Å²) in [5.74, 6) is 0.911. The predicted molar refractivity (Wildman–Crippen MR) is 112 cm³/mol. The van der Waals surface area contributed by atoms with Crippen molar-refractivity contribution in [3.8, 4) is 0 Å². The van der Waals surface area contributed by atoms with Crippen molar-refractivity contribution in [2.75, 3.05) is 6.54 Å². The molecule has 0 bridgehead atoms. The molecule has 0 amide bonds. The van der Waals surface area contributed by atoms with Gasteiger partial charge in [-0.2, -0.15) is 0 Å². The number of nitrogens with two attached hydrogens (primary N) is 1. The smallest absolute Gasteiger partial charge is 0.00746 e. The molecule has 1 nitrogen and oxygen atoms in total. The van der Waals surface area contributed by atoms with Crippen LogP contribution in [0.2, 0.25) is 0 Å². The lowest BCUT2D eigenvalue weighted by atomic mass is 9.92. The minimum absolute atomic E-state index is 0.884. The first-order valence-corrected chi connectivity index (χ1v) is 11.5. The van der Waals surface area contributed by atoms with Crippen molar-refractivity contribution in [2.24, 2.45) is 11.7 Å². The lowest BCUT2D eigenvalue weighted by molar-refractivity contribution is 0.387. The summed E-state index contributed by atoms with van der Waals surface area (Å²) in [5, 5.41) is 0. The third-order valence-corrected chi connectivity index (χ3v) is 5.51. The van der Waals surface area contributed by atoms with E-state index in [0.717, 1.165) is 12.5 Å². The normalized spacial score (nSPS) is 12.6. The molecule has 0 aromatic heterocycles. The van der Waals surface area contributed by atoms with Gasteiger partial charge >= 0.3 is 0 Å². The number of unbranched alkanes of at least 4 members (excludes halogenated alkanes) is 14. The Morgan fingerprint density at radius 3 is 1.21 bits per heavy atom. The first kappa shape index (κ1) is 24.0. The molecule has 1 atom stereocenters. The molecule has 0 aromatic rings. The van der Waals surface area contributed by atoms with Crippen LogP contribution in [0.1, 0.15) is 136 Å². The second-order valence-electron chi connectivity index (χ2n) is 7.97. The molecule has 0 saturated heterocycles. The van der Waals surface area contributed by atoms with Gasteiger partial charge < -0.3 is 5.73 Å². The maximum absolute atomic E-state index is 5.78. The second-order valence-corrected chi connectivity index (χ2v) is 7.97. The average Bonchev–Trinajstić information content (AvgIpc) is 2.59. The van der Waals surface area contributed by atoms with Crippen LogP contribution < -0.4 is 5.73 Å². The van der Waals surface area contributed by atoms with Crippen LogP contribution in [0.5, 0.6) is 0 Å². The standard InChI is InChI=1S/C23H49N/c1-3-5-7-8-9-10-11-12-13-14-15-16-18-20-23(21-22-24)19-17-6-4-2/h23H,3-22,24H2,1-2H3. The van der Waals surface area contributed by atoms with Crippen LogP contribution in [0, 0.1) is 5.92 Å². The van der Waals surface area contributed by atoms with Crippen LogP contribution in [-0.2, 0) is 0 Å². The third kappa shape index (κ3) is 18.3. The van der Waals surface area contributed by atoms with E-state index in [0.29, 0.717) is 0 Å². The van der Waals surface area contributed by atoms with Gasteiger partial charge in [0.25, 0.3) is 0 Å². The summed E-state index contributed by atoms with van der Waals surface area (Å²) in [5.41, 5.74) is 5.78. The molecule has 24 heavy (non-hydrogen) atoms. The van der Waals surface area contributed by atoms with Crippen LogP contribution in [-0.4, -0.2) is 6.54 Å². The fraction of sp³-hybridized carbons (Fsp3) is 1.00. The van der Waals surface area contributed by atoms with E-state index in [1.54, 1.807) is 0 Å². The van der Waals surface area contributed by atoms with Crippen LogP contribution in [0.25, 0.3) is 0 Å². The van der Waals surface area contributed by atoms with Crippen molar-refractivity contribution in [1.29, 1.82) is 0 Å². The molecule has 0 saturated carbocycles. The molecule has 0 aromatic carbocycles. The summed E-state index contributed by atoms with van der Waals surface area (Å²) in [6.45, 7) is 5.48. The zero-order valence-corrected chi connectivity index (χ0v) is 17.3. The van der Waals surface area contributed by atoms with E-state index in [2.05, 4.69) is 13.8 Å². The van der Waals surface area contributed by atoms with Gasteiger partial charge in [0.15, 0.2) is 0 Å². The lowest BCUT2D eigenvalue weighted by Crippen LogP contribution is -2.09. The molecule has 1 heteroatoms. The topological polar surface area (TPSA) is 26.0 Å². The van der Waals surface area contributed by atoms with Crippen LogP contribution in [0.15, 0.2) is 0 Å². The van der Waals surface area contributed by atoms with Crippen LogP contribution in [0.4, 0.5) is 0 Å². The van der Waals surface area contributed by atoms with Gasteiger partial charge in [0, 0.05) is 0 Å². The van der Waals surface area contributed by atoms with E-state index in [1.807, 2.05) is 0 Å². The van der Waals surface area contributed by atoms with Crippen molar-refractivity contribution in [3.63, 3.8) is 0 Å². The van der Waals surface area contributed by atoms with Gasteiger partial charge in [0.05, 0.1) is 0 Å². The van der Waals surface area contributed by atoms with Gasteiger partial charge in [-0.3, -0.25) is 0 Å². The minimum atomic E-state index is 0.884. The molecule has 1 unspecified atom stereocenters. The van der Waals surface area contributed by atoms with Crippen molar-refractivity contribution in [2.45, 2.75) is 136 Å².